The lowest BCUT2D eigenvalue weighted by Gasteiger charge is -2.19. The zero-order valence-electron chi connectivity index (χ0n) is 14.0. The number of rotatable bonds is 11. The van der Waals surface area contributed by atoms with Gasteiger partial charge in [-0.05, 0) is 49.9 Å². The van der Waals surface area contributed by atoms with Gasteiger partial charge in [-0.25, -0.2) is 0 Å². The van der Waals surface area contributed by atoms with Crippen LogP contribution < -0.4 is 10.1 Å². The van der Waals surface area contributed by atoms with Crippen molar-refractivity contribution in [3.8, 4) is 5.75 Å². The number of hydrogen-bond donors (Lipinski definition) is 1. The predicted molar refractivity (Wildman–Crippen MR) is 88.9 cm³/mol. The first kappa shape index (κ1) is 18.0. The molecule has 1 aromatic carbocycles. The first-order chi connectivity index (χ1) is 10.2. The molecule has 0 amide bonds. The van der Waals surface area contributed by atoms with Crippen molar-refractivity contribution in [2.45, 2.75) is 46.6 Å². The minimum Gasteiger partial charge on any atom is -0.494 e. The fourth-order valence-electron chi connectivity index (χ4n) is 2.28. The molecular weight excluding hydrogens is 262 g/mol. The van der Waals surface area contributed by atoms with E-state index in [0.29, 0.717) is 6.61 Å². The molecule has 0 fully saturated rings. The molecule has 120 valence electrons. The molecule has 0 bridgehead atoms. The monoisotopic (exact) mass is 293 g/mol. The first-order valence-electron chi connectivity index (χ1n) is 8.21. The minimum atomic E-state index is 0.254. The van der Waals surface area contributed by atoms with Crippen LogP contribution in [0, 0.1) is 5.92 Å². The second-order valence-corrected chi connectivity index (χ2v) is 5.72. The summed E-state index contributed by atoms with van der Waals surface area (Å²) in [6.07, 6.45) is 2.37. The molecule has 1 atom stereocenters. The van der Waals surface area contributed by atoms with Gasteiger partial charge in [0, 0.05) is 6.61 Å². The van der Waals surface area contributed by atoms with E-state index in [0.717, 1.165) is 37.8 Å². The van der Waals surface area contributed by atoms with Crippen molar-refractivity contribution < 1.29 is 9.47 Å². The highest BCUT2D eigenvalue weighted by Gasteiger charge is 2.10. The third-order valence-corrected chi connectivity index (χ3v) is 3.40. The average Bonchev–Trinajstić information content (AvgIpc) is 2.47. The lowest BCUT2D eigenvalue weighted by Crippen LogP contribution is -2.25. The Kier molecular flexibility index (Phi) is 9.11. The second kappa shape index (κ2) is 10.6. The summed E-state index contributed by atoms with van der Waals surface area (Å²) in [4.78, 5) is 0. The molecule has 0 aromatic heterocycles. The normalized spacial score (nSPS) is 12.6. The van der Waals surface area contributed by atoms with Crippen molar-refractivity contribution in [2.24, 2.45) is 5.92 Å². The third-order valence-electron chi connectivity index (χ3n) is 3.40. The SMILES string of the molecule is CCNC(COCCCC(C)C)c1ccc(OCC)cc1. The van der Waals surface area contributed by atoms with Gasteiger partial charge in [0.15, 0.2) is 0 Å². The van der Waals surface area contributed by atoms with E-state index in [2.05, 4.69) is 38.2 Å². The second-order valence-electron chi connectivity index (χ2n) is 5.72. The van der Waals surface area contributed by atoms with Crippen LogP contribution in [0.3, 0.4) is 0 Å². The van der Waals surface area contributed by atoms with Crippen LogP contribution >= 0.6 is 0 Å². The molecule has 0 aliphatic carbocycles. The Hall–Kier alpha value is -1.06. The zero-order valence-corrected chi connectivity index (χ0v) is 14.0. The summed E-state index contributed by atoms with van der Waals surface area (Å²) >= 11 is 0. The Morgan fingerprint density at radius 1 is 1.10 bits per heavy atom. The van der Waals surface area contributed by atoms with Gasteiger partial charge in [-0.3, -0.25) is 0 Å². The van der Waals surface area contributed by atoms with Crippen LogP contribution in [0.4, 0.5) is 0 Å². The van der Waals surface area contributed by atoms with Crippen LogP contribution in [0.2, 0.25) is 0 Å². The highest BCUT2D eigenvalue weighted by Crippen LogP contribution is 2.18. The summed E-state index contributed by atoms with van der Waals surface area (Å²) in [5, 5.41) is 3.48. The number of benzene rings is 1. The molecule has 0 aliphatic rings. The standard InChI is InChI=1S/C18H31NO2/c1-5-19-18(14-20-13-7-8-15(3)4)16-9-11-17(12-10-16)21-6-2/h9-12,15,18-19H,5-8,13-14H2,1-4H3. The maximum Gasteiger partial charge on any atom is 0.119 e. The largest absolute Gasteiger partial charge is 0.494 e. The van der Waals surface area contributed by atoms with E-state index in [4.69, 9.17) is 9.47 Å². The Balaban J connectivity index is 2.44. The molecule has 1 aromatic rings. The van der Waals surface area contributed by atoms with E-state index in [1.165, 1.54) is 12.0 Å². The smallest absolute Gasteiger partial charge is 0.119 e. The van der Waals surface area contributed by atoms with E-state index >= 15 is 0 Å². The third kappa shape index (κ3) is 7.49. The summed E-state index contributed by atoms with van der Waals surface area (Å²) in [6.45, 7) is 11.8. The molecule has 0 saturated heterocycles. The Morgan fingerprint density at radius 2 is 1.81 bits per heavy atom. The summed E-state index contributed by atoms with van der Waals surface area (Å²) in [5.74, 6) is 1.68. The van der Waals surface area contributed by atoms with Gasteiger partial charge in [0.05, 0.1) is 19.3 Å². The van der Waals surface area contributed by atoms with Crippen molar-refractivity contribution >= 4 is 0 Å². The number of nitrogens with one attached hydrogen (secondary N) is 1. The van der Waals surface area contributed by atoms with E-state index in [1.54, 1.807) is 0 Å². The van der Waals surface area contributed by atoms with Gasteiger partial charge < -0.3 is 14.8 Å². The molecule has 0 heterocycles. The van der Waals surface area contributed by atoms with E-state index in [1.807, 2.05) is 19.1 Å². The molecule has 0 spiro atoms. The predicted octanol–water partition coefficient (Wildman–Crippen LogP) is 4.19. The molecule has 3 heteroatoms. The number of likely N-dealkylation sites (N-methyl/N-ethyl adjacent to an activating group) is 1. The van der Waals surface area contributed by atoms with E-state index in [-0.39, 0.29) is 6.04 Å². The van der Waals surface area contributed by atoms with Crippen molar-refractivity contribution in [1.29, 1.82) is 0 Å². The van der Waals surface area contributed by atoms with Crippen molar-refractivity contribution in [3.05, 3.63) is 29.8 Å². The van der Waals surface area contributed by atoms with Crippen LogP contribution in [0.5, 0.6) is 5.75 Å². The first-order valence-corrected chi connectivity index (χ1v) is 8.21. The summed E-state index contributed by atoms with van der Waals surface area (Å²) in [6, 6.07) is 8.56. The fourth-order valence-corrected chi connectivity index (χ4v) is 2.28. The van der Waals surface area contributed by atoms with Gasteiger partial charge in [-0.1, -0.05) is 32.9 Å². The van der Waals surface area contributed by atoms with E-state index in [9.17, 15) is 0 Å². The van der Waals surface area contributed by atoms with Gasteiger partial charge in [0.25, 0.3) is 0 Å². The molecule has 1 rings (SSSR count). The van der Waals surface area contributed by atoms with Crippen LogP contribution in [-0.4, -0.2) is 26.4 Å². The highest BCUT2D eigenvalue weighted by atomic mass is 16.5. The molecule has 1 N–H and O–H groups in total. The minimum absolute atomic E-state index is 0.254. The molecule has 1 unspecified atom stereocenters. The molecule has 3 nitrogen and oxygen atoms in total. The van der Waals surface area contributed by atoms with Crippen LogP contribution in [-0.2, 0) is 4.74 Å². The van der Waals surface area contributed by atoms with Crippen molar-refractivity contribution in [1.82, 2.24) is 5.32 Å². The lowest BCUT2D eigenvalue weighted by molar-refractivity contribution is 0.106. The van der Waals surface area contributed by atoms with Crippen LogP contribution in [0.25, 0.3) is 0 Å². The van der Waals surface area contributed by atoms with Crippen LogP contribution in [0.15, 0.2) is 24.3 Å². The quantitative estimate of drug-likeness (QED) is 0.621. The maximum atomic E-state index is 5.84. The molecule has 0 radical (unpaired) electrons. The Morgan fingerprint density at radius 3 is 2.38 bits per heavy atom. The number of ether oxygens (including phenoxy) is 2. The zero-order chi connectivity index (χ0) is 15.5. The van der Waals surface area contributed by atoms with Gasteiger partial charge >= 0.3 is 0 Å². The topological polar surface area (TPSA) is 30.5 Å². The summed E-state index contributed by atoms with van der Waals surface area (Å²) < 4.78 is 11.3. The molecule has 0 aliphatic heterocycles. The summed E-state index contributed by atoms with van der Waals surface area (Å²) in [7, 11) is 0. The van der Waals surface area contributed by atoms with E-state index < -0.39 is 0 Å². The van der Waals surface area contributed by atoms with Gasteiger partial charge in [0.2, 0.25) is 0 Å². The molecular formula is C18H31NO2. The molecule has 21 heavy (non-hydrogen) atoms. The van der Waals surface area contributed by atoms with Crippen LogP contribution in [0.1, 0.15) is 52.1 Å². The van der Waals surface area contributed by atoms with Gasteiger partial charge in [0.1, 0.15) is 5.75 Å². The summed E-state index contributed by atoms with van der Waals surface area (Å²) in [5.41, 5.74) is 1.25. The lowest BCUT2D eigenvalue weighted by atomic mass is 10.1. The molecule has 0 saturated carbocycles. The Labute approximate surface area is 130 Å². The van der Waals surface area contributed by atoms with Crippen molar-refractivity contribution in [2.75, 3.05) is 26.4 Å². The van der Waals surface area contributed by atoms with Crippen molar-refractivity contribution in [3.63, 3.8) is 0 Å². The fraction of sp³-hybridized carbons (Fsp3) is 0.667. The average molecular weight is 293 g/mol. The number of hydrogen-bond acceptors (Lipinski definition) is 3. The van der Waals surface area contributed by atoms with Gasteiger partial charge in [-0.2, -0.15) is 0 Å². The maximum absolute atomic E-state index is 5.84. The Bertz CT molecular complexity index is 362. The van der Waals surface area contributed by atoms with Gasteiger partial charge in [-0.15, -0.1) is 0 Å². The highest BCUT2D eigenvalue weighted by molar-refractivity contribution is 5.29.